The maximum Gasteiger partial charge on any atom is 0.241 e. The summed E-state index contributed by atoms with van der Waals surface area (Å²) in [5, 5.41) is 0.487. The normalized spacial score (nSPS) is 11.3. The first-order valence-electron chi connectivity index (χ1n) is 6.33. The summed E-state index contributed by atoms with van der Waals surface area (Å²) in [5.41, 5.74) is 5.93. The van der Waals surface area contributed by atoms with Crippen molar-refractivity contribution < 1.29 is 9.47 Å². The second kappa shape index (κ2) is 6.12. The van der Waals surface area contributed by atoms with Gasteiger partial charge < -0.3 is 15.2 Å². The van der Waals surface area contributed by atoms with Crippen molar-refractivity contribution in [2.24, 2.45) is 0 Å². The topological polar surface area (TPSA) is 57.4 Å². The van der Waals surface area contributed by atoms with Crippen LogP contribution in [0.3, 0.4) is 0 Å². The molecule has 0 atom stereocenters. The van der Waals surface area contributed by atoms with Crippen LogP contribution in [0, 0.1) is 0 Å². The predicted octanol–water partition coefficient (Wildman–Crippen LogP) is 5.05. The van der Waals surface area contributed by atoms with E-state index in [1.807, 2.05) is 26.8 Å². The zero-order chi connectivity index (χ0) is 15.6. The Hall–Kier alpha value is -1.46. The van der Waals surface area contributed by atoms with E-state index in [9.17, 15) is 0 Å². The van der Waals surface area contributed by atoms with E-state index in [1.165, 1.54) is 0 Å². The monoisotopic (exact) mass is 370 g/mol. The van der Waals surface area contributed by atoms with E-state index in [4.69, 9.17) is 26.8 Å². The average molecular weight is 372 g/mol. The van der Waals surface area contributed by atoms with Crippen LogP contribution >= 0.6 is 27.5 Å². The van der Waals surface area contributed by atoms with E-state index >= 15 is 0 Å². The van der Waals surface area contributed by atoms with Gasteiger partial charge in [0.05, 0.1) is 10.7 Å². The first-order chi connectivity index (χ1) is 9.74. The number of benzene rings is 1. The second-order valence-electron chi connectivity index (χ2n) is 5.44. The number of nitrogen functional groups attached to an aromatic ring is 1. The molecule has 0 saturated carbocycles. The standard InChI is InChI=1S/C15H16BrClN2O2/c1-15(2,3)21-14-11(18)5-7-13(19-14)20-12-6-4-9(16)8-10(12)17/h4-8H,18H2,1-3H3. The van der Waals surface area contributed by atoms with Crippen molar-refractivity contribution in [2.45, 2.75) is 26.4 Å². The molecule has 0 bridgehead atoms. The van der Waals surface area contributed by atoms with Crippen molar-refractivity contribution >= 4 is 33.2 Å². The highest BCUT2D eigenvalue weighted by Crippen LogP contribution is 2.33. The molecular weight excluding hydrogens is 356 g/mol. The summed E-state index contributed by atoms with van der Waals surface area (Å²) < 4.78 is 12.3. The van der Waals surface area contributed by atoms with Gasteiger partial charge in [-0.1, -0.05) is 27.5 Å². The third kappa shape index (κ3) is 4.51. The van der Waals surface area contributed by atoms with Gasteiger partial charge in [-0.3, -0.25) is 0 Å². The minimum absolute atomic E-state index is 0.341. The summed E-state index contributed by atoms with van der Waals surface area (Å²) in [7, 11) is 0. The summed E-state index contributed by atoms with van der Waals surface area (Å²) in [6.45, 7) is 5.77. The fourth-order valence-corrected chi connectivity index (χ4v) is 2.25. The predicted molar refractivity (Wildman–Crippen MR) is 88.3 cm³/mol. The second-order valence-corrected chi connectivity index (χ2v) is 6.76. The Labute approximate surface area is 137 Å². The first kappa shape index (κ1) is 15.9. The van der Waals surface area contributed by atoms with E-state index in [2.05, 4.69) is 20.9 Å². The largest absolute Gasteiger partial charge is 0.470 e. The Morgan fingerprint density at radius 2 is 1.90 bits per heavy atom. The van der Waals surface area contributed by atoms with Crippen LogP contribution in [0.25, 0.3) is 0 Å². The first-order valence-corrected chi connectivity index (χ1v) is 7.50. The molecule has 0 fully saturated rings. The third-order valence-electron chi connectivity index (χ3n) is 2.38. The zero-order valence-corrected chi connectivity index (χ0v) is 14.3. The fraction of sp³-hybridized carbons (Fsp3) is 0.267. The van der Waals surface area contributed by atoms with Gasteiger partial charge in [-0.15, -0.1) is 0 Å². The minimum Gasteiger partial charge on any atom is -0.470 e. The number of ether oxygens (including phenoxy) is 2. The van der Waals surface area contributed by atoms with Crippen LogP contribution in [-0.2, 0) is 0 Å². The van der Waals surface area contributed by atoms with Crippen LogP contribution in [0.2, 0.25) is 5.02 Å². The van der Waals surface area contributed by atoms with Crippen molar-refractivity contribution in [3.05, 3.63) is 39.8 Å². The van der Waals surface area contributed by atoms with E-state index < -0.39 is 5.60 Å². The van der Waals surface area contributed by atoms with Crippen molar-refractivity contribution in [3.8, 4) is 17.5 Å². The van der Waals surface area contributed by atoms with Crippen molar-refractivity contribution in [1.82, 2.24) is 4.98 Å². The van der Waals surface area contributed by atoms with Crippen molar-refractivity contribution in [2.75, 3.05) is 5.73 Å². The Kier molecular flexibility index (Phi) is 4.64. The van der Waals surface area contributed by atoms with E-state index in [1.54, 1.807) is 24.3 Å². The number of pyridine rings is 1. The Balaban J connectivity index is 2.26. The molecule has 0 saturated heterocycles. The number of aromatic nitrogens is 1. The van der Waals surface area contributed by atoms with Crippen molar-refractivity contribution in [1.29, 1.82) is 0 Å². The van der Waals surface area contributed by atoms with E-state index in [0.717, 1.165) is 4.47 Å². The Morgan fingerprint density at radius 1 is 1.19 bits per heavy atom. The molecular formula is C15H16BrClN2O2. The maximum atomic E-state index is 6.12. The van der Waals surface area contributed by atoms with Crippen LogP contribution < -0.4 is 15.2 Å². The third-order valence-corrected chi connectivity index (χ3v) is 3.16. The van der Waals surface area contributed by atoms with Gasteiger partial charge in [0, 0.05) is 10.5 Å². The number of hydrogen-bond acceptors (Lipinski definition) is 4. The van der Waals surface area contributed by atoms with Gasteiger partial charge in [0.1, 0.15) is 11.4 Å². The Morgan fingerprint density at radius 3 is 2.52 bits per heavy atom. The van der Waals surface area contributed by atoms with Gasteiger partial charge in [0.25, 0.3) is 0 Å². The number of hydrogen-bond donors (Lipinski definition) is 1. The fourth-order valence-electron chi connectivity index (χ4n) is 1.53. The van der Waals surface area contributed by atoms with E-state index in [-0.39, 0.29) is 0 Å². The van der Waals surface area contributed by atoms with E-state index in [0.29, 0.717) is 28.2 Å². The highest BCUT2D eigenvalue weighted by atomic mass is 79.9. The number of halogens is 2. The molecule has 21 heavy (non-hydrogen) atoms. The number of nitrogens with two attached hydrogens (primary N) is 1. The molecule has 0 unspecified atom stereocenters. The summed E-state index contributed by atoms with van der Waals surface area (Å²) in [6, 6.07) is 8.71. The molecule has 2 aromatic rings. The molecule has 112 valence electrons. The lowest BCUT2D eigenvalue weighted by molar-refractivity contribution is 0.124. The molecule has 0 radical (unpaired) electrons. The molecule has 0 spiro atoms. The van der Waals surface area contributed by atoms with Gasteiger partial charge in [-0.05, 0) is 45.0 Å². The van der Waals surface area contributed by atoms with Gasteiger partial charge in [0.2, 0.25) is 11.8 Å². The van der Waals surface area contributed by atoms with Gasteiger partial charge in [0.15, 0.2) is 0 Å². The molecule has 2 rings (SSSR count). The molecule has 0 aliphatic carbocycles. The summed E-state index contributed by atoms with van der Waals surface area (Å²) in [4.78, 5) is 4.28. The molecule has 1 aromatic carbocycles. The van der Waals surface area contributed by atoms with Gasteiger partial charge in [-0.25, -0.2) is 0 Å². The average Bonchev–Trinajstić information content (AvgIpc) is 2.35. The quantitative estimate of drug-likeness (QED) is 0.820. The maximum absolute atomic E-state index is 6.12. The molecule has 0 aliphatic rings. The molecule has 6 heteroatoms. The SMILES string of the molecule is CC(C)(C)Oc1nc(Oc2ccc(Br)cc2Cl)ccc1N. The lowest BCUT2D eigenvalue weighted by Gasteiger charge is -2.21. The van der Waals surface area contributed by atoms with Crippen LogP contribution in [0.15, 0.2) is 34.8 Å². The van der Waals surface area contributed by atoms with Gasteiger partial charge >= 0.3 is 0 Å². The van der Waals surface area contributed by atoms with Crippen LogP contribution in [0.4, 0.5) is 5.69 Å². The number of anilines is 1. The smallest absolute Gasteiger partial charge is 0.241 e. The molecule has 1 aromatic heterocycles. The van der Waals surface area contributed by atoms with Crippen LogP contribution in [-0.4, -0.2) is 10.6 Å². The summed E-state index contributed by atoms with van der Waals surface area (Å²) >= 11 is 9.46. The van der Waals surface area contributed by atoms with Crippen LogP contribution in [0.1, 0.15) is 20.8 Å². The molecule has 1 heterocycles. The van der Waals surface area contributed by atoms with Crippen molar-refractivity contribution in [3.63, 3.8) is 0 Å². The zero-order valence-electron chi connectivity index (χ0n) is 12.0. The molecule has 2 N–H and O–H groups in total. The van der Waals surface area contributed by atoms with Crippen LogP contribution in [0.5, 0.6) is 17.5 Å². The minimum atomic E-state index is -0.394. The summed E-state index contributed by atoms with van der Waals surface area (Å²) in [5.74, 6) is 1.22. The summed E-state index contributed by atoms with van der Waals surface area (Å²) in [6.07, 6.45) is 0. The lowest BCUT2D eigenvalue weighted by atomic mass is 10.2. The molecule has 0 amide bonds. The highest BCUT2D eigenvalue weighted by Gasteiger charge is 2.16. The Bertz CT molecular complexity index is 657. The number of nitrogens with zero attached hydrogens (tertiary/aromatic N) is 1. The highest BCUT2D eigenvalue weighted by molar-refractivity contribution is 9.10. The van der Waals surface area contributed by atoms with Gasteiger partial charge in [-0.2, -0.15) is 4.98 Å². The molecule has 0 aliphatic heterocycles. The molecule has 4 nitrogen and oxygen atoms in total. The number of rotatable bonds is 3. The lowest BCUT2D eigenvalue weighted by Crippen LogP contribution is -2.24.